The molecule has 0 radical (unpaired) electrons. The molecule has 0 aliphatic rings. The van der Waals surface area contributed by atoms with Crippen molar-refractivity contribution in [2.75, 3.05) is 5.32 Å². The smallest absolute Gasteiger partial charge is 0.256 e. The number of anilines is 1. The van der Waals surface area contributed by atoms with Crippen LogP contribution in [0.3, 0.4) is 0 Å². The average Bonchev–Trinajstić information content (AvgIpc) is 2.86. The Balaban J connectivity index is 1.60. The molecule has 4 aromatic rings. The number of rotatable bonds is 7. The molecule has 164 valence electrons. The zero-order valence-electron chi connectivity index (χ0n) is 18.9. The first-order chi connectivity index (χ1) is 16.1. The van der Waals surface area contributed by atoms with Crippen LogP contribution in [0.1, 0.15) is 30.9 Å². The Hall–Kier alpha value is -3.56. The van der Waals surface area contributed by atoms with Crippen molar-refractivity contribution in [1.29, 1.82) is 0 Å². The van der Waals surface area contributed by atoms with Crippen LogP contribution in [0.5, 0.6) is 0 Å². The minimum atomic E-state index is -0.122. The average molecular weight is 450 g/mol. The monoisotopic (exact) mass is 449 g/mol. The van der Waals surface area contributed by atoms with Crippen LogP contribution in [-0.4, -0.2) is 5.91 Å². The van der Waals surface area contributed by atoms with Gasteiger partial charge in [-0.15, -0.1) is 0 Å². The van der Waals surface area contributed by atoms with Crippen molar-refractivity contribution in [2.45, 2.75) is 24.7 Å². The Bertz CT molecular complexity index is 1210. The van der Waals surface area contributed by atoms with E-state index in [0.717, 1.165) is 27.3 Å². The number of carbonyl (C=O) groups excluding carboxylic acids is 1. The maximum atomic E-state index is 13.3. The molecule has 0 bridgehead atoms. The van der Waals surface area contributed by atoms with Crippen molar-refractivity contribution >= 4 is 28.9 Å². The molecule has 0 aliphatic heterocycles. The maximum absolute atomic E-state index is 13.3. The number of hydrogen-bond acceptors (Lipinski definition) is 2. The van der Waals surface area contributed by atoms with Crippen LogP contribution in [0.2, 0.25) is 0 Å². The lowest BCUT2D eigenvalue weighted by atomic mass is 10.0. The normalized spacial score (nSPS) is 11.4. The van der Waals surface area contributed by atoms with Gasteiger partial charge in [0.05, 0.1) is 5.57 Å². The van der Waals surface area contributed by atoms with Crippen molar-refractivity contribution < 1.29 is 4.79 Å². The predicted octanol–water partition coefficient (Wildman–Crippen LogP) is 8.25. The number of carbonyl (C=O) groups is 1. The van der Waals surface area contributed by atoms with E-state index in [1.807, 2.05) is 78.2 Å². The summed E-state index contributed by atoms with van der Waals surface area (Å²) in [6, 6.07) is 36.6. The van der Waals surface area contributed by atoms with Gasteiger partial charge in [-0.2, -0.15) is 0 Å². The fourth-order valence-corrected chi connectivity index (χ4v) is 4.31. The van der Waals surface area contributed by atoms with Gasteiger partial charge in [0.2, 0.25) is 0 Å². The van der Waals surface area contributed by atoms with E-state index in [1.54, 1.807) is 11.8 Å². The summed E-state index contributed by atoms with van der Waals surface area (Å²) in [5.74, 6) is 0.332. The molecule has 0 saturated carbocycles. The molecule has 0 heterocycles. The Morgan fingerprint density at radius 1 is 0.727 bits per heavy atom. The Morgan fingerprint density at radius 2 is 1.30 bits per heavy atom. The standard InChI is InChI=1S/C30H27NOS/c1-22(2)23-17-19-27(20-18-23)31-30(32)29(21-33-28-11-7-4-8-12-28)26-15-13-25(14-16-26)24-9-5-3-6-10-24/h3-22H,1-2H3,(H,31,32). The van der Waals surface area contributed by atoms with Crippen LogP contribution in [0.25, 0.3) is 16.7 Å². The zero-order valence-corrected chi connectivity index (χ0v) is 19.7. The van der Waals surface area contributed by atoms with Gasteiger partial charge in [0.15, 0.2) is 0 Å². The zero-order chi connectivity index (χ0) is 23.0. The largest absolute Gasteiger partial charge is 0.322 e. The first-order valence-corrected chi connectivity index (χ1v) is 12.0. The lowest BCUT2D eigenvalue weighted by Gasteiger charge is -2.12. The fraction of sp³-hybridized carbons (Fsp3) is 0.100. The van der Waals surface area contributed by atoms with E-state index in [1.165, 1.54) is 5.56 Å². The molecule has 33 heavy (non-hydrogen) atoms. The van der Waals surface area contributed by atoms with E-state index in [9.17, 15) is 4.79 Å². The van der Waals surface area contributed by atoms with Gasteiger partial charge in [0, 0.05) is 10.6 Å². The highest BCUT2D eigenvalue weighted by atomic mass is 32.2. The third-order valence-corrected chi connectivity index (χ3v) is 6.34. The molecular formula is C30H27NOS. The van der Waals surface area contributed by atoms with Crippen LogP contribution >= 0.6 is 11.8 Å². The fourth-order valence-electron chi connectivity index (χ4n) is 3.50. The summed E-state index contributed by atoms with van der Waals surface area (Å²) >= 11 is 1.55. The molecule has 0 spiro atoms. The molecule has 4 aromatic carbocycles. The number of hydrogen-bond donors (Lipinski definition) is 1. The second-order valence-electron chi connectivity index (χ2n) is 8.14. The number of benzene rings is 4. The summed E-state index contributed by atoms with van der Waals surface area (Å²) in [4.78, 5) is 14.4. The number of thioether (sulfide) groups is 1. The maximum Gasteiger partial charge on any atom is 0.256 e. The van der Waals surface area contributed by atoms with Crippen LogP contribution in [-0.2, 0) is 4.79 Å². The summed E-state index contributed by atoms with van der Waals surface area (Å²) in [6.07, 6.45) is 0. The molecule has 4 rings (SSSR count). The van der Waals surface area contributed by atoms with Crippen LogP contribution in [0, 0.1) is 0 Å². The Labute approximate surface area is 200 Å². The first-order valence-electron chi connectivity index (χ1n) is 11.1. The number of nitrogens with one attached hydrogen (secondary N) is 1. The van der Waals surface area contributed by atoms with E-state index in [-0.39, 0.29) is 5.91 Å². The highest BCUT2D eigenvalue weighted by Crippen LogP contribution is 2.28. The molecule has 0 aliphatic carbocycles. The lowest BCUT2D eigenvalue weighted by Crippen LogP contribution is -2.13. The van der Waals surface area contributed by atoms with Crippen molar-refractivity contribution in [3.05, 3.63) is 126 Å². The molecular weight excluding hydrogens is 422 g/mol. The predicted molar refractivity (Wildman–Crippen MR) is 141 cm³/mol. The number of amides is 1. The summed E-state index contributed by atoms with van der Waals surface area (Å²) < 4.78 is 0. The molecule has 0 aromatic heterocycles. The molecule has 2 nitrogen and oxygen atoms in total. The quantitative estimate of drug-likeness (QED) is 0.227. The molecule has 0 atom stereocenters. The molecule has 1 amide bonds. The van der Waals surface area contributed by atoms with Gasteiger partial charge in [-0.25, -0.2) is 0 Å². The van der Waals surface area contributed by atoms with E-state index in [4.69, 9.17) is 0 Å². The van der Waals surface area contributed by atoms with E-state index >= 15 is 0 Å². The molecule has 1 N–H and O–H groups in total. The van der Waals surface area contributed by atoms with Gasteiger partial charge in [-0.1, -0.05) is 111 Å². The first kappa shape index (κ1) is 22.6. The van der Waals surface area contributed by atoms with Gasteiger partial charge in [0.25, 0.3) is 5.91 Å². The van der Waals surface area contributed by atoms with E-state index in [2.05, 4.69) is 55.6 Å². The lowest BCUT2D eigenvalue weighted by molar-refractivity contribution is -0.111. The van der Waals surface area contributed by atoms with Crippen LogP contribution in [0.15, 0.2) is 119 Å². The summed E-state index contributed by atoms with van der Waals surface area (Å²) in [5, 5.41) is 5.00. The second kappa shape index (κ2) is 10.8. The van der Waals surface area contributed by atoms with Gasteiger partial charge in [-0.3, -0.25) is 4.79 Å². The van der Waals surface area contributed by atoms with Crippen molar-refractivity contribution in [1.82, 2.24) is 0 Å². The van der Waals surface area contributed by atoms with E-state index in [0.29, 0.717) is 11.5 Å². The molecule has 0 saturated heterocycles. The SMILES string of the molecule is CC(C)c1ccc(NC(=O)C(=CSc2ccccc2)c2ccc(-c3ccccc3)cc2)cc1. The third-order valence-electron chi connectivity index (χ3n) is 5.44. The summed E-state index contributed by atoms with van der Waals surface area (Å²) in [6.45, 7) is 4.32. The van der Waals surface area contributed by atoms with Crippen molar-refractivity contribution in [2.24, 2.45) is 0 Å². The highest BCUT2D eigenvalue weighted by Gasteiger charge is 2.13. The van der Waals surface area contributed by atoms with Gasteiger partial charge in [0.1, 0.15) is 0 Å². The Kier molecular flexibility index (Phi) is 7.43. The third kappa shape index (κ3) is 6.03. The van der Waals surface area contributed by atoms with Crippen molar-refractivity contribution in [3.63, 3.8) is 0 Å². The minimum absolute atomic E-state index is 0.122. The van der Waals surface area contributed by atoms with Crippen LogP contribution in [0.4, 0.5) is 5.69 Å². The summed E-state index contributed by atoms with van der Waals surface area (Å²) in [7, 11) is 0. The topological polar surface area (TPSA) is 29.1 Å². The van der Waals surface area contributed by atoms with E-state index < -0.39 is 0 Å². The summed E-state index contributed by atoms with van der Waals surface area (Å²) in [5.41, 5.74) is 5.84. The highest BCUT2D eigenvalue weighted by molar-refractivity contribution is 8.02. The second-order valence-corrected chi connectivity index (χ2v) is 9.08. The molecule has 3 heteroatoms. The van der Waals surface area contributed by atoms with Crippen molar-refractivity contribution in [3.8, 4) is 11.1 Å². The molecule has 0 fully saturated rings. The van der Waals surface area contributed by atoms with Gasteiger partial charge < -0.3 is 5.32 Å². The van der Waals surface area contributed by atoms with Gasteiger partial charge in [-0.05, 0) is 57.8 Å². The molecule has 0 unspecified atom stereocenters. The minimum Gasteiger partial charge on any atom is -0.322 e. The Morgan fingerprint density at radius 3 is 1.91 bits per heavy atom. The van der Waals surface area contributed by atoms with Crippen LogP contribution < -0.4 is 5.32 Å². The van der Waals surface area contributed by atoms with Gasteiger partial charge >= 0.3 is 0 Å².